The van der Waals surface area contributed by atoms with Crippen molar-refractivity contribution < 1.29 is 19.4 Å². The SMILES string of the molecule is COc1ccc2cn(C[C@@]3(C(Cl)=Cc4ccc5ccccc5n4)NC(=O)NC3=O)c(O)c2c1. The number of rotatable bonds is 5. The minimum absolute atomic E-state index is 0.0587. The van der Waals surface area contributed by atoms with Crippen LogP contribution < -0.4 is 15.4 Å². The molecule has 1 atom stereocenters. The number of nitrogens with zero attached hydrogens (tertiary/aromatic N) is 2. The van der Waals surface area contributed by atoms with Crippen LogP contribution in [-0.2, 0) is 11.3 Å². The van der Waals surface area contributed by atoms with Crippen LogP contribution in [0.4, 0.5) is 4.79 Å². The van der Waals surface area contributed by atoms with Crippen LogP contribution in [0, 0.1) is 0 Å². The molecule has 0 spiro atoms. The lowest BCUT2D eigenvalue weighted by atomic mass is 9.97. The van der Waals surface area contributed by atoms with E-state index in [1.807, 2.05) is 30.3 Å². The summed E-state index contributed by atoms with van der Waals surface area (Å²) in [5.74, 6) is -0.118. The summed E-state index contributed by atoms with van der Waals surface area (Å²) in [6.45, 7) is -0.129. The van der Waals surface area contributed by atoms with Gasteiger partial charge in [0.15, 0.2) is 11.4 Å². The standard InChI is InChI=1S/C24H19ClN4O4/c1-33-17-9-7-15-12-29(21(30)18(15)11-17)13-24(22(31)27-23(32)28-24)20(25)10-16-8-6-14-4-2-3-5-19(14)26-16/h2-12,30H,13H2,1H3,(H2,27,28,31,32)/t24-/m0/s1. The van der Waals surface area contributed by atoms with E-state index in [0.717, 1.165) is 16.3 Å². The van der Waals surface area contributed by atoms with E-state index >= 15 is 0 Å². The Labute approximate surface area is 193 Å². The van der Waals surface area contributed by atoms with E-state index in [1.165, 1.54) is 11.7 Å². The second-order valence-corrected chi connectivity index (χ2v) is 8.18. The number of ether oxygens (including phenoxy) is 1. The van der Waals surface area contributed by atoms with Gasteiger partial charge in [0, 0.05) is 22.4 Å². The van der Waals surface area contributed by atoms with Crippen molar-refractivity contribution in [3.05, 3.63) is 71.5 Å². The highest BCUT2D eigenvalue weighted by Gasteiger charge is 2.49. The van der Waals surface area contributed by atoms with Crippen LogP contribution in [0.2, 0.25) is 0 Å². The number of benzene rings is 2. The van der Waals surface area contributed by atoms with Gasteiger partial charge in [-0.1, -0.05) is 35.9 Å². The lowest BCUT2D eigenvalue weighted by molar-refractivity contribution is -0.122. The molecule has 4 aromatic rings. The van der Waals surface area contributed by atoms with Crippen molar-refractivity contribution in [2.45, 2.75) is 12.1 Å². The van der Waals surface area contributed by atoms with E-state index in [2.05, 4.69) is 15.6 Å². The lowest BCUT2D eigenvalue weighted by Gasteiger charge is -2.26. The normalized spacial score (nSPS) is 18.5. The summed E-state index contributed by atoms with van der Waals surface area (Å²) in [6.07, 6.45) is 3.23. The molecule has 3 amide bonds. The predicted octanol–water partition coefficient (Wildman–Crippen LogP) is 3.76. The van der Waals surface area contributed by atoms with Gasteiger partial charge in [0.05, 0.1) is 29.9 Å². The van der Waals surface area contributed by atoms with Crippen molar-refractivity contribution in [1.82, 2.24) is 20.2 Å². The van der Waals surface area contributed by atoms with Gasteiger partial charge in [-0.05, 0) is 36.4 Å². The Kier molecular flexibility index (Phi) is 4.94. The maximum Gasteiger partial charge on any atom is 0.322 e. The summed E-state index contributed by atoms with van der Waals surface area (Å²) in [4.78, 5) is 29.6. The summed E-state index contributed by atoms with van der Waals surface area (Å²) >= 11 is 6.67. The molecule has 9 heteroatoms. The Balaban J connectivity index is 1.58. The highest BCUT2D eigenvalue weighted by Crippen LogP contribution is 2.35. The molecule has 0 radical (unpaired) electrons. The third-order valence-corrected chi connectivity index (χ3v) is 6.15. The zero-order valence-corrected chi connectivity index (χ0v) is 18.3. The first-order chi connectivity index (χ1) is 15.9. The summed E-state index contributed by atoms with van der Waals surface area (Å²) in [5.41, 5.74) is -0.325. The van der Waals surface area contributed by atoms with Crippen molar-refractivity contribution in [2.75, 3.05) is 7.11 Å². The highest BCUT2D eigenvalue weighted by molar-refractivity contribution is 6.36. The quantitative estimate of drug-likeness (QED) is 0.392. The third-order valence-electron chi connectivity index (χ3n) is 5.72. The van der Waals surface area contributed by atoms with E-state index in [1.54, 1.807) is 36.5 Å². The molecule has 3 N–H and O–H groups in total. The van der Waals surface area contributed by atoms with Gasteiger partial charge in [0.1, 0.15) is 5.75 Å². The maximum atomic E-state index is 12.9. The second-order valence-electron chi connectivity index (χ2n) is 7.77. The molecule has 1 aliphatic heterocycles. The van der Waals surface area contributed by atoms with Gasteiger partial charge in [-0.3, -0.25) is 10.1 Å². The van der Waals surface area contributed by atoms with Gasteiger partial charge in [0.25, 0.3) is 5.91 Å². The number of carbonyl (C=O) groups is 2. The number of hydrogen-bond donors (Lipinski definition) is 3. The average molecular weight is 463 g/mol. The second kappa shape index (κ2) is 7.83. The average Bonchev–Trinajstić information content (AvgIpc) is 3.28. The molecule has 3 heterocycles. The summed E-state index contributed by atoms with van der Waals surface area (Å²) in [5, 5.41) is 18.0. The van der Waals surface area contributed by atoms with Gasteiger partial charge >= 0.3 is 6.03 Å². The predicted molar refractivity (Wildman–Crippen MR) is 125 cm³/mol. The molecule has 166 valence electrons. The molecule has 2 aromatic heterocycles. The molecule has 0 saturated carbocycles. The van der Waals surface area contributed by atoms with Crippen LogP contribution >= 0.6 is 11.6 Å². The Bertz CT molecular complexity index is 1460. The van der Waals surface area contributed by atoms with E-state index in [4.69, 9.17) is 16.3 Å². The maximum absolute atomic E-state index is 12.9. The minimum atomic E-state index is -1.62. The third kappa shape index (κ3) is 3.54. The summed E-state index contributed by atoms with van der Waals surface area (Å²) in [6, 6.07) is 15.9. The number of fused-ring (bicyclic) bond motifs is 2. The fourth-order valence-electron chi connectivity index (χ4n) is 3.99. The first-order valence-corrected chi connectivity index (χ1v) is 10.5. The number of hydrogen-bond acceptors (Lipinski definition) is 5. The molecular weight excluding hydrogens is 444 g/mol. The van der Waals surface area contributed by atoms with Crippen molar-refractivity contribution >= 4 is 51.3 Å². The Morgan fingerprint density at radius 1 is 1.18 bits per heavy atom. The molecule has 1 aliphatic rings. The number of halogens is 1. The number of imide groups is 1. The molecule has 2 aromatic carbocycles. The van der Waals surface area contributed by atoms with Crippen LogP contribution in [0.15, 0.2) is 65.8 Å². The van der Waals surface area contributed by atoms with E-state index in [0.29, 0.717) is 16.8 Å². The van der Waals surface area contributed by atoms with Gasteiger partial charge in [-0.25, -0.2) is 9.78 Å². The topological polar surface area (TPSA) is 105 Å². The van der Waals surface area contributed by atoms with Crippen molar-refractivity contribution in [3.8, 4) is 11.6 Å². The van der Waals surface area contributed by atoms with Crippen molar-refractivity contribution in [3.63, 3.8) is 0 Å². The Morgan fingerprint density at radius 3 is 2.73 bits per heavy atom. The highest BCUT2D eigenvalue weighted by atomic mass is 35.5. The molecular formula is C24H19ClN4O4. The monoisotopic (exact) mass is 462 g/mol. The smallest absolute Gasteiger partial charge is 0.322 e. The number of amides is 3. The molecule has 8 nitrogen and oxygen atoms in total. The van der Waals surface area contributed by atoms with Gasteiger partial charge in [0.2, 0.25) is 0 Å². The summed E-state index contributed by atoms with van der Waals surface area (Å²) in [7, 11) is 1.54. The van der Waals surface area contributed by atoms with Crippen LogP contribution in [0.25, 0.3) is 27.8 Å². The van der Waals surface area contributed by atoms with E-state index in [9.17, 15) is 14.7 Å². The van der Waals surface area contributed by atoms with Crippen molar-refractivity contribution in [1.29, 1.82) is 0 Å². The molecule has 5 rings (SSSR count). The van der Waals surface area contributed by atoms with Crippen LogP contribution in [-0.4, -0.2) is 39.2 Å². The number of para-hydroxylation sites is 1. The number of aromatic nitrogens is 2. The number of pyridine rings is 1. The van der Waals surface area contributed by atoms with Gasteiger partial charge in [-0.2, -0.15) is 0 Å². The number of carbonyl (C=O) groups excluding carboxylic acids is 2. The minimum Gasteiger partial charge on any atom is -0.497 e. The fraction of sp³-hybridized carbons (Fsp3) is 0.125. The first kappa shape index (κ1) is 20.8. The summed E-state index contributed by atoms with van der Waals surface area (Å²) < 4.78 is 6.70. The zero-order chi connectivity index (χ0) is 23.2. The zero-order valence-electron chi connectivity index (χ0n) is 17.5. The number of urea groups is 1. The largest absolute Gasteiger partial charge is 0.497 e. The first-order valence-electron chi connectivity index (χ1n) is 10.1. The van der Waals surface area contributed by atoms with Crippen LogP contribution in [0.1, 0.15) is 5.69 Å². The number of nitrogens with one attached hydrogen (secondary N) is 2. The van der Waals surface area contributed by atoms with E-state index < -0.39 is 17.5 Å². The molecule has 0 bridgehead atoms. The fourth-order valence-corrected chi connectivity index (χ4v) is 4.29. The number of methoxy groups -OCH3 is 1. The molecule has 1 saturated heterocycles. The van der Waals surface area contributed by atoms with Crippen molar-refractivity contribution in [2.24, 2.45) is 0 Å². The molecule has 0 aliphatic carbocycles. The Morgan fingerprint density at radius 2 is 1.97 bits per heavy atom. The van der Waals surface area contributed by atoms with Crippen LogP contribution in [0.3, 0.4) is 0 Å². The van der Waals surface area contributed by atoms with Gasteiger partial charge < -0.3 is 19.7 Å². The lowest BCUT2D eigenvalue weighted by Crippen LogP contribution is -2.50. The van der Waals surface area contributed by atoms with E-state index in [-0.39, 0.29) is 17.5 Å². The van der Waals surface area contributed by atoms with Gasteiger partial charge in [-0.15, -0.1) is 0 Å². The molecule has 0 unspecified atom stereocenters. The number of aromatic hydroxyl groups is 1. The molecule has 1 fully saturated rings. The van der Waals surface area contributed by atoms with Crippen LogP contribution in [0.5, 0.6) is 11.6 Å². The Hall–Kier alpha value is -4.04. The molecule has 33 heavy (non-hydrogen) atoms.